The molecule has 11 heteroatoms. The van der Waals surface area contributed by atoms with E-state index in [4.69, 9.17) is 11.1 Å². The van der Waals surface area contributed by atoms with E-state index in [2.05, 4.69) is 20.3 Å². The fourth-order valence-electron chi connectivity index (χ4n) is 5.27. The van der Waals surface area contributed by atoms with Gasteiger partial charge in [0.15, 0.2) is 0 Å². The van der Waals surface area contributed by atoms with Crippen LogP contribution in [0.25, 0.3) is 16.8 Å². The van der Waals surface area contributed by atoms with Crippen molar-refractivity contribution in [3.8, 4) is 11.1 Å². The number of hydrogen-bond acceptors (Lipinski definition) is 8. The molecule has 0 unspecified atom stereocenters. The van der Waals surface area contributed by atoms with Gasteiger partial charge in [0.05, 0.1) is 30.4 Å². The van der Waals surface area contributed by atoms with Gasteiger partial charge in [0.2, 0.25) is 0 Å². The summed E-state index contributed by atoms with van der Waals surface area (Å²) in [6.45, 7) is 1.98. The topological polar surface area (TPSA) is 136 Å². The van der Waals surface area contributed by atoms with E-state index in [9.17, 15) is 14.3 Å². The largest absolute Gasteiger partial charge is 0.388 e. The molecule has 0 radical (unpaired) electrons. The Morgan fingerprint density at radius 1 is 1.17 bits per heavy atom. The first-order valence-corrected chi connectivity index (χ1v) is 13.6. The Labute approximate surface area is 238 Å². The van der Waals surface area contributed by atoms with Crippen LogP contribution in [0.4, 0.5) is 4.39 Å². The molecule has 1 aromatic heterocycles. The SMILES string of the molecule is CN/C(=C1/N=CN(CC2(O)CCN(Cc3ccc(-c4cnn(C)c4)cc3F)CC2)C(=O)C1=N)c1ccc(CN)cc1. The van der Waals surface area contributed by atoms with Crippen LogP contribution in [0.2, 0.25) is 0 Å². The first-order chi connectivity index (χ1) is 19.7. The highest BCUT2D eigenvalue weighted by Crippen LogP contribution is 2.28. The van der Waals surface area contributed by atoms with Crippen LogP contribution in [0, 0.1) is 11.2 Å². The van der Waals surface area contributed by atoms with Crippen LogP contribution < -0.4 is 11.1 Å². The summed E-state index contributed by atoms with van der Waals surface area (Å²) in [7, 11) is 3.54. The van der Waals surface area contributed by atoms with E-state index < -0.39 is 11.5 Å². The quantitative estimate of drug-likeness (QED) is 0.336. The van der Waals surface area contributed by atoms with Gasteiger partial charge in [0.25, 0.3) is 5.91 Å². The van der Waals surface area contributed by atoms with Crippen molar-refractivity contribution in [3.05, 3.63) is 83.1 Å². The standard InChI is InChI=1S/C30H35FN8O2/c1-34-27(21-5-3-20(14-32)4-6-21)28-26(33)29(40)39(19-35-28)18-30(41)9-11-38(12-10-30)17-23-8-7-22(13-25(23)31)24-15-36-37(2)16-24/h3-8,13,15-16,19,33-34,41H,9-12,14,17-18,32H2,1-2H3/b28-27+,33-26?. The van der Waals surface area contributed by atoms with Crippen LogP contribution in [-0.2, 0) is 24.9 Å². The number of nitrogens with two attached hydrogens (primary N) is 1. The van der Waals surface area contributed by atoms with E-state index in [0.29, 0.717) is 50.3 Å². The first-order valence-electron chi connectivity index (χ1n) is 13.6. The molecule has 0 atom stereocenters. The van der Waals surface area contributed by atoms with Crippen LogP contribution in [0.15, 0.2) is 65.5 Å². The summed E-state index contributed by atoms with van der Waals surface area (Å²) in [5, 5.41) is 27.0. The minimum absolute atomic E-state index is 0.0348. The smallest absolute Gasteiger partial charge is 0.279 e. The number of aryl methyl sites for hydroxylation is 1. The van der Waals surface area contributed by atoms with Gasteiger partial charge in [-0.1, -0.05) is 36.4 Å². The molecular weight excluding hydrogens is 523 g/mol. The van der Waals surface area contributed by atoms with E-state index in [1.165, 1.54) is 17.3 Å². The van der Waals surface area contributed by atoms with Gasteiger partial charge in [0, 0.05) is 57.6 Å². The highest BCUT2D eigenvalue weighted by atomic mass is 19.1. The van der Waals surface area contributed by atoms with Gasteiger partial charge in [-0.2, -0.15) is 5.10 Å². The number of nitrogens with one attached hydrogen (secondary N) is 2. The Hall–Kier alpha value is -4.19. The third-order valence-corrected chi connectivity index (χ3v) is 7.74. The lowest BCUT2D eigenvalue weighted by Gasteiger charge is -2.40. The molecule has 3 heterocycles. The number of likely N-dealkylation sites (tertiary alicyclic amines) is 1. The van der Waals surface area contributed by atoms with Gasteiger partial charge in [-0.15, -0.1) is 0 Å². The average molecular weight is 559 g/mol. The maximum atomic E-state index is 14.9. The summed E-state index contributed by atoms with van der Waals surface area (Å²) in [5.74, 6) is -0.797. The first kappa shape index (κ1) is 28.3. The van der Waals surface area contributed by atoms with Crippen LogP contribution in [0.3, 0.4) is 0 Å². The Balaban J connectivity index is 1.22. The second kappa shape index (κ2) is 11.7. The molecule has 0 bridgehead atoms. The third kappa shape index (κ3) is 6.12. The predicted molar refractivity (Wildman–Crippen MR) is 156 cm³/mol. The number of piperidine rings is 1. The second-order valence-electron chi connectivity index (χ2n) is 10.6. The maximum Gasteiger partial charge on any atom is 0.279 e. The van der Waals surface area contributed by atoms with Crippen molar-refractivity contribution in [1.82, 2.24) is 24.9 Å². The fraction of sp³-hybridized carbons (Fsp3) is 0.333. The van der Waals surface area contributed by atoms with Gasteiger partial charge >= 0.3 is 0 Å². The van der Waals surface area contributed by atoms with Crippen LogP contribution >= 0.6 is 0 Å². The number of halogens is 1. The fourth-order valence-corrected chi connectivity index (χ4v) is 5.27. The lowest BCUT2D eigenvalue weighted by molar-refractivity contribution is -0.124. The van der Waals surface area contributed by atoms with Crippen LogP contribution in [0.1, 0.15) is 29.5 Å². The van der Waals surface area contributed by atoms with Gasteiger partial charge < -0.3 is 16.2 Å². The number of aliphatic imine (C=N–C) groups is 1. The minimum atomic E-state index is -1.13. The van der Waals surface area contributed by atoms with Gasteiger partial charge in [-0.05, 0) is 35.6 Å². The summed E-state index contributed by atoms with van der Waals surface area (Å²) in [6.07, 6.45) is 5.76. The van der Waals surface area contributed by atoms with Gasteiger partial charge in [0.1, 0.15) is 17.2 Å². The van der Waals surface area contributed by atoms with Crippen molar-refractivity contribution in [2.75, 3.05) is 26.7 Å². The van der Waals surface area contributed by atoms with Crippen molar-refractivity contribution in [2.24, 2.45) is 17.8 Å². The Kier molecular flexibility index (Phi) is 8.11. The molecule has 10 nitrogen and oxygen atoms in total. The number of hydrogen-bond donors (Lipinski definition) is 4. The summed E-state index contributed by atoms with van der Waals surface area (Å²) >= 11 is 0. The van der Waals surface area contributed by atoms with Crippen LogP contribution in [0.5, 0.6) is 0 Å². The molecule has 214 valence electrons. The van der Waals surface area contributed by atoms with Crippen molar-refractivity contribution in [2.45, 2.75) is 31.5 Å². The van der Waals surface area contributed by atoms with Crippen molar-refractivity contribution in [3.63, 3.8) is 0 Å². The monoisotopic (exact) mass is 558 g/mol. The summed E-state index contributed by atoms with van der Waals surface area (Å²) in [4.78, 5) is 21.0. The Bertz CT molecular complexity index is 1500. The van der Waals surface area contributed by atoms with E-state index in [0.717, 1.165) is 22.3 Å². The van der Waals surface area contributed by atoms with E-state index in [1.54, 1.807) is 24.0 Å². The predicted octanol–water partition coefficient (Wildman–Crippen LogP) is 2.49. The number of aliphatic hydroxyl groups is 1. The molecule has 0 spiro atoms. The molecule has 2 aromatic carbocycles. The number of carbonyl (C=O) groups excluding carboxylic acids is 1. The van der Waals surface area contributed by atoms with Crippen LogP contribution in [-0.4, -0.2) is 74.9 Å². The highest BCUT2D eigenvalue weighted by molar-refractivity contribution is 6.47. The Morgan fingerprint density at radius 2 is 1.90 bits per heavy atom. The molecule has 0 aliphatic carbocycles. The van der Waals surface area contributed by atoms with Crippen molar-refractivity contribution >= 4 is 23.7 Å². The van der Waals surface area contributed by atoms with E-state index >= 15 is 0 Å². The lowest BCUT2D eigenvalue weighted by atomic mass is 9.90. The number of rotatable bonds is 8. The zero-order valence-electron chi connectivity index (χ0n) is 23.3. The normalized spacial score (nSPS) is 18.6. The molecule has 41 heavy (non-hydrogen) atoms. The molecular formula is C30H35FN8O2. The molecule has 0 saturated carbocycles. The van der Waals surface area contributed by atoms with Crippen molar-refractivity contribution < 1.29 is 14.3 Å². The molecule has 1 fully saturated rings. The second-order valence-corrected chi connectivity index (χ2v) is 10.6. The average Bonchev–Trinajstić information content (AvgIpc) is 3.41. The number of aromatic nitrogens is 2. The molecule has 3 aromatic rings. The third-order valence-electron chi connectivity index (χ3n) is 7.74. The number of amides is 1. The summed E-state index contributed by atoms with van der Waals surface area (Å²) < 4.78 is 16.6. The molecule has 1 amide bonds. The molecule has 2 aliphatic heterocycles. The molecule has 1 saturated heterocycles. The van der Waals surface area contributed by atoms with E-state index in [1.807, 2.05) is 43.6 Å². The van der Waals surface area contributed by atoms with Gasteiger partial charge in [-0.25, -0.2) is 9.38 Å². The lowest BCUT2D eigenvalue weighted by Crippen LogP contribution is -2.53. The van der Waals surface area contributed by atoms with E-state index in [-0.39, 0.29) is 23.8 Å². The number of β-amino-alcohol motifs (C(OH)–C–C–N with tert-alkyl or cyclic N) is 1. The van der Waals surface area contributed by atoms with Gasteiger partial charge in [-0.3, -0.25) is 24.7 Å². The minimum Gasteiger partial charge on any atom is -0.388 e. The summed E-state index contributed by atoms with van der Waals surface area (Å²) in [6, 6.07) is 12.8. The number of nitrogens with zero attached hydrogens (tertiary/aromatic N) is 5. The number of benzene rings is 2. The highest BCUT2D eigenvalue weighted by Gasteiger charge is 2.38. The molecule has 5 N–H and O–H groups in total. The number of carbonyl (C=O) groups is 1. The van der Waals surface area contributed by atoms with Crippen molar-refractivity contribution in [1.29, 1.82) is 5.41 Å². The zero-order chi connectivity index (χ0) is 29.1. The summed E-state index contributed by atoms with van der Waals surface area (Å²) in [5.41, 5.74) is 9.11. The molecule has 2 aliphatic rings. The Morgan fingerprint density at radius 3 is 2.51 bits per heavy atom. The zero-order valence-corrected chi connectivity index (χ0v) is 23.3. The molecule has 5 rings (SSSR count). The maximum absolute atomic E-state index is 14.9.